The Morgan fingerprint density at radius 3 is 2.78 bits per heavy atom. The molecule has 2 saturated heterocycles. The molecule has 0 bridgehead atoms. The Morgan fingerprint density at radius 1 is 1.06 bits per heavy atom. The van der Waals surface area contributed by atoms with Crippen molar-refractivity contribution in [2.45, 2.75) is 57.3 Å². The number of fused-ring (bicyclic) bond motifs is 2. The van der Waals surface area contributed by atoms with Crippen LogP contribution in [0.15, 0.2) is 48.7 Å². The van der Waals surface area contributed by atoms with Gasteiger partial charge in [0.25, 0.3) is 0 Å². The second-order valence-electron chi connectivity index (χ2n) is 8.98. The average Bonchev–Trinajstić information content (AvgIpc) is 3.38. The van der Waals surface area contributed by atoms with Gasteiger partial charge in [-0.2, -0.15) is 0 Å². The number of nitrogens with zero attached hydrogens (tertiary/aromatic N) is 2. The molecule has 1 N–H and O–H groups in total. The molecule has 5 nitrogen and oxygen atoms in total. The lowest BCUT2D eigenvalue weighted by molar-refractivity contribution is -0.135. The lowest BCUT2D eigenvalue weighted by Crippen LogP contribution is -2.48. The second kappa shape index (κ2) is 8.94. The predicted molar refractivity (Wildman–Crippen MR) is 123 cm³/mol. The lowest BCUT2D eigenvalue weighted by Gasteiger charge is -2.37. The maximum Gasteiger partial charge on any atom is 0.223 e. The highest BCUT2D eigenvalue weighted by Gasteiger charge is 2.40. The van der Waals surface area contributed by atoms with Gasteiger partial charge in [-0.25, -0.2) is 4.39 Å². The van der Waals surface area contributed by atoms with Gasteiger partial charge >= 0.3 is 0 Å². The van der Waals surface area contributed by atoms with Gasteiger partial charge in [0.2, 0.25) is 5.91 Å². The molecule has 168 valence electrons. The van der Waals surface area contributed by atoms with Gasteiger partial charge in [-0.15, -0.1) is 0 Å². The summed E-state index contributed by atoms with van der Waals surface area (Å²) in [5, 5.41) is 1.21. The van der Waals surface area contributed by atoms with Crippen molar-refractivity contribution in [3.63, 3.8) is 0 Å². The third kappa shape index (κ3) is 3.99. The van der Waals surface area contributed by atoms with Gasteiger partial charge < -0.3 is 14.6 Å². The highest BCUT2D eigenvalue weighted by Crippen LogP contribution is 2.34. The smallest absolute Gasteiger partial charge is 0.223 e. The molecule has 0 aliphatic carbocycles. The van der Waals surface area contributed by atoms with Crippen LogP contribution in [-0.4, -0.2) is 46.4 Å². The molecule has 0 spiro atoms. The van der Waals surface area contributed by atoms with Crippen molar-refractivity contribution < 1.29 is 13.9 Å². The quantitative estimate of drug-likeness (QED) is 0.623. The van der Waals surface area contributed by atoms with Crippen LogP contribution < -0.4 is 4.74 Å². The van der Waals surface area contributed by atoms with Crippen molar-refractivity contribution in [3.05, 3.63) is 65.6 Å². The van der Waals surface area contributed by atoms with Gasteiger partial charge in [0.15, 0.2) is 0 Å². The summed E-state index contributed by atoms with van der Waals surface area (Å²) in [7, 11) is 1.68. The number of aromatic nitrogens is 1. The van der Waals surface area contributed by atoms with Gasteiger partial charge in [0.1, 0.15) is 11.6 Å². The minimum atomic E-state index is -0.233. The Balaban J connectivity index is 1.39. The van der Waals surface area contributed by atoms with Crippen LogP contribution in [-0.2, 0) is 17.9 Å². The average molecular weight is 436 g/mol. The molecule has 2 aliphatic heterocycles. The van der Waals surface area contributed by atoms with Crippen LogP contribution in [0.3, 0.4) is 0 Å². The summed E-state index contributed by atoms with van der Waals surface area (Å²) < 4.78 is 19.7. The van der Waals surface area contributed by atoms with E-state index in [2.05, 4.69) is 22.1 Å². The van der Waals surface area contributed by atoms with Crippen LogP contribution >= 0.6 is 0 Å². The molecule has 2 aliphatic rings. The molecule has 0 radical (unpaired) electrons. The molecular formula is C26H30FN3O2. The number of halogens is 1. The van der Waals surface area contributed by atoms with Crippen molar-refractivity contribution in [3.8, 4) is 5.75 Å². The molecule has 0 saturated carbocycles. The molecule has 32 heavy (non-hydrogen) atoms. The molecule has 0 unspecified atom stereocenters. The normalized spacial score (nSPS) is 22.1. The molecule has 2 atom stereocenters. The van der Waals surface area contributed by atoms with Crippen molar-refractivity contribution in [1.29, 1.82) is 0 Å². The SMILES string of the molecule is COc1ccc2c(CN3CC[C@H]4[C@H]3CCCCC(=O)N4Cc3ccccc3F)c[nH]c2c1. The number of amides is 1. The van der Waals surface area contributed by atoms with E-state index in [-0.39, 0.29) is 17.8 Å². The lowest BCUT2D eigenvalue weighted by atomic mass is 9.96. The summed E-state index contributed by atoms with van der Waals surface area (Å²) in [5.74, 6) is 0.765. The maximum atomic E-state index is 14.4. The van der Waals surface area contributed by atoms with Crippen LogP contribution in [0.2, 0.25) is 0 Å². The fourth-order valence-corrected chi connectivity index (χ4v) is 5.45. The standard InChI is InChI=1S/C26H30FN3O2/c1-32-20-10-11-21-19(15-28-23(21)14-20)16-29-13-12-25-24(29)8-4-5-9-26(31)30(25)17-18-6-2-3-7-22(18)27/h2-3,6-7,10-11,14-15,24-25,28H,4-5,8-9,12-13,16-17H2,1H3/t24-,25+/m1/s1. The summed E-state index contributed by atoms with van der Waals surface area (Å²) in [6.07, 6.45) is 6.60. The van der Waals surface area contributed by atoms with Gasteiger partial charge in [-0.3, -0.25) is 9.69 Å². The van der Waals surface area contributed by atoms with E-state index in [9.17, 15) is 9.18 Å². The molecule has 3 aromatic rings. The summed E-state index contributed by atoms with van der Waals surface area (Å²) in [5.41, 5.74) is 2.94. The Labute approximate surface area is 188 Å². The zero-order valence-electron chi connectivity index (χ0n) is 18.5. The van der Waals surface area contributed by atoms with E-state index in [1.165, 1.54) is 17.0 Å². The molecule has 2 aromatic carbocycles. The first kappa shape index (κ1) is 21.0. The highest BCUT2D eigenvalue weighted by molar-refractivity contribution is 5.84. The number of carbonyl (C=O) groups excluding carboxylic acids is 1. The molecule has 2 fully saturated rings. The molecule has 1 amide bonds. The number of aromatic amines is 1. The number of hydrogen-bond acceptors (Lipinski definition) is 3. The van der Waals surface area contributed by atoms with E-state index in [1.54, 1.807) is 19.2 Å². The summed E-state index contributed by atoms with van der Waals surface area (Å²) in [6.45, 7) is 2.14. The zero-order valence-corrected chi connectivity index (χ0v) is 18.5. The molecule has 5 rings (SSSR count). The number of methoxy groups -OCH3 is 1. The molecule has 3 heterocycles. The number of likely N-dealkylation sites (tertiary alicyclic amines) is 2. The summed E-state index contributed by atoms with van der Waals surface area (Å²) >= 11 is 0. The highest BCUT2D eigenvalue weighted by atomic mass is 19.1. The number of nitrogens with one attached hydrogen (secondary N) is 1. The van der Waals surface area contributed by atoms with Crippen LogP contribution in [0.5, 0.6) is 5.75 Å². The third-order valence-corrected chi connectivity index (χ3v) is 7.13. The molecule has 1 aromatic heterocycles. The minimum Gasteiger partial charge on any atom is -0.497 e. The predicted octanol–water partition coefficient (Wildman–Crippen LogP) is 4.86. The van der Waals surface area contributed by atoms with E-state index in [0.29, 0.717) is 24.6 Å². The number of H-pyrrole nitrogens is 1. The van der Waals surface area contributed by atoms with Gasteiger partial charge in [-0.05, 0) is 43.0 Å². The first-order valence-electron chi connectivity index (χ1n) is 11.5. The fraction of sp³-hybridized carbons (Fsp3) is 0.423. The second-order valence-corrected chi connectivity index (χ2v) is 8.98. The molecule has 6 heteroatoms. The minimum absolute atomic E-state index is 0.132. The van der Waals surface area contributed by atoms with Crippen molar-refractivity contribution >= 4 is 16.8 Å². The summed E-state index contributed by atoms with van der Waals surface area (Å²) in [4.78, 5) is 20.9. The topological polar surface area (TPSA) is 48.6 Å². The zero-order chi connectivity index (χ0) is 22.1. The van der Waals surface area contributed by atoms with Crippen molar-refractivity contribution in [2.75, 3.05) is 13.7 Å². The van der Waals surface area contributed by atoms with E-state index in [1.807, 2.05) is 23.1 Å². The third-order valence-electron chi connectivity index (χ3n) is 7.13. The number of hydrogen-bond donors (Lipinski definition) is 1. The van der Waals surface area contributed by atoms with Gasteiger partial charge in [0.05, 0.1) is 7.11 Å². The van der Waals surface area contributed by atoms with Gasteiger partial charge in [-0.1, -0.05) is 24.6 Å². The van der Waals surface area contributed by atoms with Crippen LogP contribution in [0.1, 0.15) is 43.2 Å². The van der Waals surface area contributed by atoms with Crippen molar-refractivity contribution in [1.82, 2.24) is 14.8 Å². The number of rotatable bonds is 5. The van der Waals surface area contributed by atoms with E-state index >= 15 is 0 Å². The number of ether oxygens (including phenoxy) is 1. The molecular weight excluding hydrogens is 405 g/mol. The van der Waals surface area contributed by atoms with Crippen LogP contribution in [0, 0.1) is 5.82 Å². The Morgan fingerprint density at radius 2 is 1.94 bits per heavy atom. The Kier molecular flexibility index (Phi) is 5.87. The first-order chi connectivity index (χ1) is 15.6. The Hall–Kier alpha value is -2.86. The number of carbonyl (C=O) groups is 1. The summed E-state index contributed by atoms with van der Waals surface area (Å²) in [6, 6.07) is 13.4. The Bertz CT molecular complexity index is 1110. The largest absolute Gasteiger partial charge is 0.497 e. The fourth-order valence-electron chi connectivity index (χ4n) is 5.45. The van der Waals surface area contributed by atoms with E-state index in [0.717, 1.165) is 50.0 Å². The van der Waals surface area contributed by atoms with Crippen molar-refractivity contribution in [2.24, 2.45) is 0 Å². The van der Waals surface area contributed by atoms with E-state index in [4.69, 9.17) is 4.74 Å². The first-order valence-corrected chi connectivity index (χ1v) is 11.5. The van der Waals surface area contributed by atoms with Crippen LogP contribution in [0.25, 0.3) is 10.9 Å². The van der Waals surface area contributed by atoms with Gasteiger partial charge in [0, 0.05) is 66.9 Å². The van der Waals surface area contributed by atoms with Crippen LogP contribution in [0.4, 0.5) is 4.39 Å². The number of benzene rings is 2. The monoisotopic (exact) mass is 435 g/mol. The van der Waals surface area contributed by atoms with E-state index < -0.39 is 0 Å². The maximum absolute atomic E-state index is 14.4.